The zero-order chi connectivity index (χ0) is 14.5. The summed E-state index contributed by atoms with van der Waals surface area (Å²) in [6, 6.07) is -0.403. The van der Waals surface area contributed by atoms with E-state index in [1.807, 2.05) is 20.8 Å². The summed E-state index contributed by atoms with van der Waals surface area (Å²) in [4.78, 5) is 25.5. The fourth-order valence-corrected chi connectivity index (χ4v) is 1.99. The summed E-state index contributed by atoms with van der Waals surface area (Å²) < 4.78 is 5.32. The van der Waals surface area contributed by atoms with E-state index in [4.69, 9.17) is 4.74 Å². The molecule has 0 radical (unpaired) electrons. The largest absolute Gasteiger partial charge is 0.444 e. The number of carbonyl (C=O) groups is 2. The Bertz CT molecular complexity index is 347. The van der Waals surface area contributed by atoms with Crippen LogP contribution in [0.5, 0.6) is 0 Å². The molecular weight excluding hydrogens is 244 g/mol. The van der Waals surface area contributed by atoms with Crippen LogP contribution >= 0.6 is 0 Å². The van der Waals surface area contributed by atoms with Gasteiger partial charge in [0.25, 0.3) is 0 Å². The third-order valence-corrected chi connectivity index (χ3v) is 2.83. The lowest BCUT2D eigenvalue weighted by molar-refractivity contribution is -0.125. The summed E-state index contributed by atoms with van der Waals surface area (Å²) in [5, 5.41) is 2.81. The maximum Gasteiger partial charge on any atom is 0.410 e. The highest BCUT2D eigenvalue weighted by molar-refractivity contribution is 5.86. The number of hydrogen-bond donors (Lipinski definition) is 1. The van der Waals surface area contributed by atoms with E-state index in [-0.39, 0.29) is 5.91 Å². The van der Waals surface area contributed by atoms with Crippen molar-refractivity contribution in [1.82, 2.24) is 10.2 Å². The fraction of sp³-hybridized carbons (Fsp3) is 0.714. The van der Waals surface area contributed by atoms with Gasteiger partial charge in [-0.3, -0.25) is 9.69 Å². The van der Waals surface area contributed by atoms with Gasteiger partial charge >= 0.3 is 6.09 Å². The number of hydrogen-bond acceptors (Lipinski definition) is 3. The third-order valence-electron chi connectivity index (χ3n) is 2.83. The predicted molar refractivity (Wildman–Crippen MR) is 73.8 cm³/mol. The average molecular weight is 268 g/mol. The van der Waals surface area contributed by atoms with E-state index >= 15 is 0 Å². The van der Waals surface area contributed by atoms with Crippen LogP contribution in [0.4, 0.5) is 4.79 Å². The van der Waals surface area contributed by atoms with Crippen LogP contribution in [0.25, 0.3) is 0 Å². The molecule has 0 aromatic heterocycles. The number of nitrogens with zero attached hydrogens (tertiary/aromatic N) is 1. The van der Waals surface area contributed by atoms with E-state index in [1.165, 1.54) is 4.90 Å². The molecule has 1 saturated heterocycles. The number of ether oxygens (including phenoxy) is 1. The molecule has 1 heterocycles. The van der Waals surface area contributed by atoms with E-state index in [9.17, 15) is 9.59 Å². The zero-order valence-electron chi connectivity index (χ0n) is 12.1. The molecule has 0 unspecified atom stereocenters. The fourth-order valence-electron chi connectivity index (χ4n) is 1.99. The van der Waals surface area contributed by atoms with E-state index in [0.29, 0.717) is 19.5 Å². The van der Waals surface area contributed by atoms with Crippen molar-refractivity contribution in [2.75, 3.05) is 13.1 Å². The molecule has 1 N–H and O–H groups in total. The SMILES string of the molecule is C=CCCNC(=O)[C@@H]1CCCN1C(=O)OC(C)(C)C. The molecule has 1 aliphatic rings. The Hall–Kier alpha value is -1.52. The van der Waals surface area contributed by atoms with Crippen LogP contribution < -0.4 is 5.32 Å². The summed E-state index contributed by atoms with van der Waals surface area (Å²) in [6.07, 6.45) is 3.59. The van der Waals surface area contributed by atoms with Crippen molar-refractivity contribution in [3.05, 3.63) is 12.7 Å². The molecule has 1 fully saturated rings. The molecule has 19 heavy (non-hydrogen) atoms. The molecule has 0 aromatic rings. The first-order valence-corrected chi connectivity index (χ1v) is 6.73. The highest BCUT2D eigenvalue weighted by Crippen LogP contribution is 2.20. The van der Waals surface area contributed by atoms with Crippen molar-refractivity contribution in [1.29, 1.82) is 0 Å². The lowest BCUT2D eigenvalue weighted by atomic mass is 10.2. The molecule has 0 aromatic carbocycles. The molecule has 0 spiro atoms. The van der Waals surface area contributed by atoms with Crippen LogP contribution in [0.1, 0.15) is 40.0 Å². The maximum atomic E-state index is 12.0. The second kappa shape index (κ2) is 6.59. The van der Waals surface area contributed by atoms with Crippen LogP contribution in [0.15, 0.2) is 12.7 Å². The van der Waals surface area contributed by atoms with Gasteiger partial charge in [0, 0.05) is 13.1 Å². The van der Waals surface area contributed by atoms with Crippen LogP contribution in [-0.4, -0.2) is 41.6 Å². The molecule has 0 aliphatic carbocycles. The lowest BCUT2D eigenvalue weighted by Gasteiger charge is -2.28. The van der Waals surface area contributed by atoms with Crippen LogP contribution in [0.2, 0.25) is 0 Å². The summed E-state index contributed by atoms with van der Waals surface area (Å²) >= 11 is 0. The van der Waals surface area contributed by atoms with Crippen molar-refractivity contribution < 1.29 is 14.3 Å². The quantitative estimate of drug-likeness (QED) is 0.627. The number of amides is 2. The van der Waals surface area contributed by atoms with Gasteiger partial charge in [-0.2, -0.15) is 0 Å². The van der Waals surface area contributed by atoms with Gasteiger partial charge in [-0.1, -0.05) is 6.08 Å². The van der Waals surface area contributed by atoms with E-state index in [2.05, 4.69) is 11.9 Å². The molecule has 2 amide bonds. The van der Waals surface area contributed by atoms with E-state index in [0.717, 1.165) is 12.8 Å². The zero-order valence-corrected chi connectivity index (χ0v) is 12.1. The van der Waals surface area contributed by atoms with Crippen LogP contribution in [0.3, 0.4) is 0 Å². The molecule has 1 aliphatic heterocycles. The molecule has 0 saturated carbocycles. The van der Waals surface area contributed by atoms with E-state index < -0.39 is 17.7 Å². The van der Waals surface area contributed by atoms with Gasteiger partial charge in [-0.25, -0.2) is 4.79 Å². The van der Waals surface area contributed by atoms with Crippen molar-refractivity contribution in [3.8, 4) is 0 Å². The van der Waals surface area contributed by atoms with Crippen molar-refractivity contribution in [3.63, 3.8) is 0 Å². The molecular formula is C14H24N2O3. The Kier molecular flexibility index (Phi) is 5.39. The van der Waals surface area contributed by atoms with Gasteiger partial charge in [-0.05, 0) is 40.0 Å². The van der Waals surface area contributed by atoms with Gasteiger partial charge in [-0.15, -0.1) is 6.58 Å². The highest BCUT2D eigenvalue weighted by atomic mass is 16.6. The van der Waals surface area contributed by atoms with Gasteiger partial charge < -0.3 is 10.1 Å². The summed E-state index contributed by atoms with van der Waals surface area (Å²) in [6.45, 7) is 10.2. The molecule has 0 bridgehead atoms. The van der Waals surface area contributed by atoms with Crippen molar-refractivity contribution >= 4 is 12.0 Å². The molecule has 1 atom stereocenters. The van der Waals surface area contributed by atoms with Gasteiger partial charge in [0.2, 0.25) is 5.91 Å². The molecule has 5 heteroatoms. The standard InChI is InChI=1S/C14H24N2O3/c1-5-6-9-15-12(17)11-8-7-10-16(11)13(18)19-14(2,3)4/h5,11H,1,6-10H2,2-4H3,(H,15,17)/t11-/m0/s1. The minimum absolute atomic E-state index is 0.106. The Balaban J connectivity index is 2.55. The summed E-state index contributed by atoms with van der Waals surface area (Å²) in [5.74, 6) is -0.106. The second-order valence-corrected chi connectivity index (χ2v) is 5.70. The number of nitrogens with one attached hydrogen (secondary N) is 1. The molecule has 1 rings (SSSR count). The Morgan fingerprint density at radius 2 is 2.16 bits per heavy atom. The van der Waals surface area contributed by atoms with Crippen molar-refractivity contribution in [2.45, 2.75) is 51.7 Å². The van der Waals surface area contributed by atoms with Crippen molar-refractivity contribution in [2.24, 2.45) is 0 Å². The maximum absolute atomic E-state index is 12.0. The van der Waals surface area contributed by atoms with Gasteiger partial charge in [0.05, 0.1) is 0 Å². The number of carbonyl (C=O) groups excluding carboxylic acids is 2. The van der Waals surface area contributed by atoms with Crippen LogP contribution in [-0.2, 0) is 9.53 Å². The summed E-state index contributed by atoms with van der Waals surface area (Å²) in [5.41, 5.74) is -0.538. The third kappa shape index (κ3) is 4.93. The first-order chi connectivity index (χ1) is 8.85. The smallest absolute Gasteiger partial charge is 0.410 e. The Labute approximate surface area is 115 Å². The number of rotatable bonds is 4. The normalized spacial score (nSPS) is 19.1. The molecule has 5 nitrogen and oxygen atoms in total. The van der Waals surface area contributed by atoms with Crippen LogP contribution in [0, 0.1) is 0 Å². The predicted octanol–water partition coefficient (Wildman–Crippen LogP) is 2.08. The second-order valence-electron chi connectivity index (χ2n) is 5.70. The monoisotopic (exact) mass is 268 g/mol. The summed E-state index contributed by atoms with van der Waals surface area (Å²) in [7, 11) is 0. The van der Waals surface area contributed by atoms with Gasteiger partial charge in [0.15, 0.2) is 0 Å². The minimum atomic E-state index is -0.538. The number of likely N-dealkylation sites (tertiary alicyclic amines) is 1. The Morgan fingerprint density at radius 3 is 2.74 bits per heavy atom. The first-order valence-electron chi connectivity index (χ1n) is 6.73. The van der Waals surface area contributed by atoms with Gasteiger partial charge in [0.1, 0.15) is 11.6 Å². The minimum Gasteiger partial charge on any atom is -0.444 e. The topological polar surface area (TPSA) is 58.6 Å². The van der Waals surface area contributed by atoms with E-state index in [1.54, 1.807) is 6.08 Å². The lowest BCUT2D eigenvalue weighted by Crippen LogP contribution is -2.47. The average Bonchev–Trinajstić information content (AvgIpc) is 2.75. The first kappa shape index (κ1) is 15.5. The Morgan fingerprint density at radius 1 is 1.47 bits per heavy atom. The highest BCUT2D eigenvalue weighted by Gasteiger charge is 2.36. The molecule has 108 valence electrons.